The third kappa shape index (κ3) is 5.32. The maximum Gasteiger partial charge on any atom is 0.294 e. The number of rotatable bonds is 6. The standard InChI is InChI=1S/C26H31BrN6O5/c1-28-19-8-16(11-29-12-19)25(34)31-7-3-4-18(13-31)30-24-22(9-17(27)10-23(24)33(36)37)26(35)32-20-5-2-6-21(32)15-38-14-20/h8-12,18,20-21,28,30H,2-7,13-15H2,1H3/t18-,20?,21?/m1/s1. The number of likely N-dealkylation sites (tertiary alicyclic amines) is 1. The van der Waals surface area contributed by atoms with Crippen molar-refractivity contribution < 1.29 is 19.2 Å². The largest absolute Gasteiger partial charge is 0.387 e. The molecule has 2 amide bonds. The maximum absolute atomic E-state index is 13.9. The van der Waals surface area contributed by atoms with Crippen LogP contribution in [0, 0.1) is 10.1 Å². The number of hydrogen-bond donors (Lipinski definition) is 2. The van der Waals surface area contributed by atoms with Gasteiger partial charge in [-0.2, -0.15) is 0 Å². The summed E-state index contributed by atoms with van der Waals surface area (Å²) in [5.74, 6) is -0.377. The van der Waals surface area contributed by atoms with E-state index in [1.165, 1.54) is 12.3 Å². The number of carbonyl (C=O) groups excluding carboxylic acids is 2. The van der Waals surface area contributed by atoms with E-state index < -0.39 is 4.92 Å². The van der Waals surface area contributed by atoms with Gasteiger partial charge in [-0.1, -0.05) is 15.9 Å². The van der Waals surface area contributed by atoms with Crippen molar-refractivity contribution in [2.45, 2.75) is 50.2 Å². The van der Waals surface area contributed by atoms with Crippen molar-refractivity contribution in [1.29, 1.82) is 0 Å². The van der Waals surface area contributed by atoms with Gasteiger partial charge in [0.1, 0.15) is 5.69 Å². The minimum absolute atomic E-state index is 0.0364. The predicted octanol–water partition coefficient (Wildman–Crippen LogP) is 3.90. The quantitative estimate of drug-likeness (QED) is 0.385. The Morgan fingerprint density at radius 1 is 1.11 bits per heavy atom. The van der Waals surface area contributed by atoms with Crippen molar-refractivity contribution in [3.05, 3.63) is 56.3 Å². The van der Waals surface area contributed by atoms with Gasteiger partial charge >= 0.3 is 0 Å². The number of ether oxygens (including phenoxy) is 1. The molecule has 2 N–H and O–H groups in total. The lowest BCUT2D eigenvalue weighted by molar-refractivity contribution is -0.384. The third-order valence-corrected chi connectivity index (χ3v) is 8.01. The zero-order valence-corrected chi connectivity index (χ0v) is 22.8. The predicted molar refractivity (Wildman–Crippen MR) is 146 cm³/mol. The molecule has 3 aliphatic heterocycles. The lowest BCUT2D eigenvalue weighted by atomic mass is 9.93. The van der Waals surface area contributed by atoms with E-state index in [0.29, 0.717) is 42.8 Å². The van der Waals surface area contributed by atoms with Crippen LogP contribution in [0.3, 0.4) is 0 Å². The number of nitrogens with zero attached hydrogens (tertiary/aromatic N) is 4. The van der Waals surface area contributed by atoms with Gasteiger partial charge in [0.2, 0.25) is 0 Å². The van der Waals surface area contributed by atoms with Gasteiger partial charge in [0.15, 0.2) is 0 Å². The zero-order chi connectivity index (χ0) is 26.8. The summed E-state index contributed by atoms with van der Waals surface area (Å²) < 4.78 is 6.17. The van der Waals surface area contributed by atoms with Gasteiger partial charge in [0.05, 0.1) is 47.0 Å². The highest BCUT2D eigenvalue weighted by Gasteiger charge is 2.40. The molecule has 0 spiro atoms. The van der Waals surface area contributed by atoms with Crippen LogP contribution in [-0.2, 0) is 4.74 Å². The number of anilines is 2. The molecule has 2 bridgehead atoms. The third-order valence-electron chi connectivity index (χ3n) is 7.56. The van der Waals surface area contributed by atoms with Gasteiger partial charge in [-0.25, -0.2) is 0 Å². The van der Waals surface area contributed by atoms with Crippen LogP contribution in [0.15, 0.2) is 35.1 Å². The first-order chi connectivity index (χ1) is 18.4. The van der Waals surface area contributed by atoms with E-state index in [1.54, 1.807) is 30.3 Å². The van der Waals surface area contributed by atoms with Crippen molar-refractivity contribution in [2.75, 3.05) is 44.0 Å². The monoisotopic (exact) mass is 586 g/mol. The van der Waals surface area contributed by atoms with Crippen LogP contribution in [0.2, 0.25) is 0 Å². The summed E-state index contributed by atoms with van der Waals surface area (Å²) in [5, 5.41) is 18.4. The molecule has 202 valence electrons. The van der Waals surface area contributed by atoms with Crippen LogP contribution in [0.4, 0.5) is 17.1 Å². The number of nitrogens with one attached hydrogen (secondary N) is 2. The second kappa shape index (κ2) is 11.2. The smallest absolute Gasteiger partial charge is 0.294 e. The van der Waals surface area contributed by atoms with Gasteiger partial charge in [-0.15, -0.1) is 0 Å². The Hall–Kier alpha value is -3.25. The zero-order valence-electron chi connectivity index (χ0n) is 21.2. The Morgan fingerprint density at radius 2 is 1.87 bits per heavy atom. The van der Waals surface area contributed by atoms with Crippen molar-refractivity contribution >= 4 is 44.8 Å². The van der Waals surface area contributed by atoms with Crippen molar-refractivity contribution in [1.82, 2.24) is 14.8 Å². The minimum Gasteiger partial charge on any atom is -0.387 e. The Labute approximate surface area is 229 Å². The summed E-state index contributed by atoms with van der Waals surface area (Å²) in [7, 11) is 1.76. The number of pyridine rings is 1. The molecule has 1 aromatic heterocycles. The molecule has 0 radical (unpaired) electrons. The Bertz CT molecular complexity index is 1220. The van der Waals surface area contributed by atoms with Crippen LogP contribution in [0.25, 0.3) is 0 Å². The van der Waals surface area contributed by atoms with Crippen molar-refractivity contribution in [3.63, 3.8) is 0 Å². The highest BCUT2D eigenvalue weighted by Crippen LogP contribution is 2.37. The molecule has 11 nitrogen and oxygen atoms in total. The van der Waals surface area contributed by atoms with Gasteiger partial charge in [0.25, 0.3) is 17.5 Å². The lowest BCUT2D eigenvalue weighted by Gasteiger charge is -2.46. The van der Waals surface area contributed by atoms with Crippen molar-refractivity contribution in [3.8, 4) is 0 Å². The number of halogens is 1. The molecule has 12 heteroatoms. The number of hydrogen-bond acceptors (Lipinski definition) is 8. The molecule has 3 saturated heterocycles. The molecular weight excluding hydrogens is 556 g/mol. The van der Waals surface area contributed by atoms with E-state index >= 15 is 0 Å². The second-order valence-electron chi connectivity index (χ2n) is 10.0. The fourth-order valence-corrected chi connectivity index (χ4v) is 6.17. The first-order valence-corrected chi connectivity index (χ1v) is 13.7. The van der Waals surface area contributed by atoms with Gasteiger partial charge in [-0.05, 0) is 44.2 Å². The molecular formula is C26H31BrN6O5. The molecule has 1 aromatic carbocycles. The molecule has 3 atom stereocenters. The summed E-state index contributed by atoms with van der Waals surface area (Å²) in [6.07, 6.45) is 7.35. The summed E-state index contributed by atoms with van der Waals surface area (Å²) >= 11 is 3.37. The molecule has 4 heterocycles. The Morgan fingerprint density at radius 3 is 2.58 bits per heavy atom. The summed E-state index contributed by atoms with van der Waals surface area (Å²) in [4.78, 5) is 46.5. The average molecular weight is 587 g/mol. The maximum atomic E-state index is 13.9. The lowest BCUT2D eigenvalue weighted by Crippen LogP contribution is -2.57. The second-order valence-corrected chi connectivity index (χ2v) is 11.0. The molecule has 38 heavy (non-hydrogen) atoms. The number of amides is 2. The van der Waals surface area contributed by atoms with E-state index in [2.05, 4.69) is 31.5 Å². The number of nitro benzene ring substituents is 1. The molecule has 3 aliphatic rings. The SMILES string of the molecule is CNc1cncc(C(=O)N2CCC[C@@H](Nc3c(C(=O)N4C5CCCC4COC5)cc(Br)cc3[N+](=O)[O-])C2)c1. The summed E-state index contributed by atoms with van der Waals surface area (Å²) in [6.45, 7) is 1.88. The van der Waals surface area contributed by atoms with Crippen LogP contribution in [0.1, 0.15) is 52.8 Å². The number of morpholine rings is 1. The highest BCUT2D eigenvalue weighted by atomic mass is 79.9. The Kier molecular flexibility index (Phi) is 7.80. The molecule has 0 saturated carbocycles. The topological polar surface area (TPSA) is 130 Å². The fourth-order valence-electron chi connectivity index (χ4n) is 5.72. The molecule has 5 rings (SSSR count). The minimum atomic E-state index is -0.468. The number of aromatic nitrogens is 1. The van der Waals surface area contributed by atoms with Gasteiger partial charge in [0, 0.05) is 49.1 Å². The molecule has 0 aliphatic carbocycles. The number of piperidine rings is 2. The van der Waals surface area contributed by atoms with Crippen molar-refractivity contribution in [2.24, 2.45) is 0 Å². The molecule has 3 fully saturated rings. The average Bonchev–Trinajstić information content (AvgIpc) is 2.92. The van der Waals surface area contributed by atoms with E-state index in [4.69, 9.17) is 4.74 Å². The Balaban J connectivity index is 1.42. The first kappa shape index (κ1) is 26.4. The first-order valence-electron chi connectivity index (χ1n) is 12.9. The van der Waals surface area contributed by atoms with Crippen LogP contribution in [0.5, 0.6) is 0 Å². The molecule has 2 unspecified atom stereocenters. The fraction of sp³-hybridized carbons (Fsp3) is 0.500. The van der Waals surface area contributed by atoms with Gasteiger partial charge in [-0.3, -0.25) is 24.7 Å². The van der Waals surface area contributed by atoms with E-state index in [0.717, 1.165) is 31.4 Å². The number of nitro groups is 1. The number of carbonyl (C=O) groups is 2. The van der Waals surface area contributed by atoms with Gasteiger partial charge < -0.3 is 25.2 Å². The number of benzene rings is 1. The number of fused-ring (bicyclic) bond motifs is 2. The highest BCUT2D eigenvalue weighted by molar-refractivity contribution is 9.10. The van der Waals surface area contributed by atoms with Crippen LogP contribution < -0.4 is 10.6 Å². The molecule has 2 aromatic rings. The summed E-state index contributed by atoms with van der Waals surface area (Å²) in [6, 6.07) is 4.49. The van der Waals surface area contributed by atoms with Crippen LogP contribution >= 0.6 is 15.9 Å². The van der Waals surface area contributed by atoms with E-state index in [-0.39, 0.29) is 46.9 Å². The normalized spacial score (nSPS) is 23.1. The van der Waals surface area contributed by atoms with E-state index in [9.17, 15) is 19.7 Å². The summed E-state index contributed by atoms with van der Waals surface area (Å²) in [5.41, 5.74) is 1.51. The van der Waals surface area contributed by atoms with Crippen LogP contribution in [-0.4, -0.2) is 83.0 Å². The van der Waals surface area contributed by atoms with E-state index in [1.807, 2.05) is 4.90 Å².